The fourth-order valence-electron chi connectivity index (χ4n) is 3.96. The molecule has 1 heterocycles. The van der Waals surface area contributed by atoms with Crippen molar-refractivity contribution in [2.75, 3.05) is 13.1 Å². The Kier molecular flexibility index (Phi) is 3.24. The van der Waals surface area contributed by atoms with Crippen LogP contribution in [0.15, 0.2) is 24.3 Å². The van der Waals surface area contributed by atoms with Crippen molar-refractivity contribution in [2.24, 2.45) is 17.8 Å². The predicted molar refractivity (Wildman–Crippen MR) is 78.6 cm³/mol. The van der Waals surface area contributed by atoms with Gasteiger partial charge in [0.05, 0.1) is 5.56 Å². The Morgan fingerprint density at radius 3 is 2.48 bits per heavy atom. The highest BCUT2D eigenvalue weighted by molar-refractivity contribution is 5.83. The lowest BCUT2D eigenvalue weighted by atomic mass is 9.98. The van der Waals surface area contributed by atoms with Gasteiger partial charge in [-0.15, -0.1) is 0 Å². The first-order valence-electron chi connectivity index (χ1n) is 8.07. The van der Waals surface area contributed by atoms with E-state index in [9.17, 15) is 18.0 Å². The number of hydrogen-bond donors (Lipinski definition) is 2. The van der Waals surface area contributed by atoms with E-state index in [0.29, 0.717) is 11.8 Å². The molecule has 23 heavy (non-hydrogen) atoms. The second-order valence-corrected chi connectivity index (χ2v) is 7.11. The monoisotopic (exact) mass is 324 g/mol. The van der Waals surface area contributed by atoms with Gasteiger partial charge in [0.15, 0.2) is 0 Å². The molecule has 2 unspecified atom stereocenters. The lowest BCUT2D eigenvalue weighted by molar-refractivity contribution is -0.138. The van der Waals surface area contributed by atoms with Crippen LogP contribution >= 0.6 is 0 Å². The van der Waals surface area contributed by atoms with Gasteiger partial charge in [0.1, 0.15) is 0 Å². The van der Waals surface area contributed by atoms with Gasteiger partial charge in [-0.2, -0.15) is 13.2 Å². The standard InChI is InChI=1S/C17H19F3N2O/c18-17(19,20)13-4-2-1-3-10(13)7-16(5-6-16)22-15(23)14-11-8-21-9-12(11)14/h1-4,11-12,14,21H,5-9H2,(H,22,23)/t11-,12?,14?/m1/s1. The van der Waals surface area contributed by atoms with E-state index in [4.69, 9.17) is 0 Å². The molecule has 2 N–H and O–H groups in total. The summed E-state index contributed by atoms with van der Waals surface area (Å²) in [5, 5.41) is 6.30. The third kappa shape index (κ3) is 2.73. The van der Waals surface area contributed by atoms with Crippen LogP contribution in [-0.2, 0) is 17.4 Å². The van der Waals surface area contributed by atoms with Crippen LogP contribution in [0.25, 0.3) is 0 Å². The van der Waals surface area contributed by atoms with E-state index in [2.05, 4.69) is 10.6 Å². The summed E-state index contributed by atoms with van der Waals surface area (Å²) in [4.78, 5) is 12.4. The zero-order valence-corrected chi connectivity index (χ0v) is 12.6. The highest BCUT2D eigenvalue weighted by atomic mass is 19.4. The van der Waals surface area contributed by atoms with Gasteiger partial charge in [-0.05, 0) is 55.8 Å². The second-order valence-electron chi connectivity index (χ2n) is 7.11. The van der Waals surface area contributed by atoms with E-state index in [-0.39, 0.29) is 23.8 Å². The lowest BCUT2D eigenvalue weighted by Gasteiger charge is -2.21. The molecule has 3 atom stereocenters. The molecule has 2 saturated carbocycles. The predicted octanol–water partition coefficient (Wildman–Crippen LogP) is 2.36. The first kappa shape index (κ1) is 15.0. The number of fused-ring (bicyclic) bond motifs is 1. The van der Waals surface area contributed by atoms with Crippen LogP contribution in [0, 0.1) is 17.8 Å². The minimum absolute atomic E-state index is 0.0310. The average Bonchev–Trinajstić information content (AvgIpc) is 3.35. The molecule has 3 aliphatic rings. The molecule has 1 aromatic carbocycles. The van der Waals surface area contributed by atoms with Crippen LogP contribution < -0.4 is 10.6 Å². The molecule has 0 aromatic heterocycles. The zero-order chi connectivity index (χ0) is 16.2. The van der Waals surface area contributed by atoms with Crippen molar-refractivity contribution >= 4 is 5.91 Å². The minimum Gasteiger partial charge on any atom is -0.350 e. The van der Waals surface area contributed by atoms with Crippen molar-refractivity contribution < 1.29 is 18.0 Å². The molecule has 0 bridgehead atoms. The number of piperidine rings is 1. The number of carbonyl (C=O) groups excluding carboxylic acids is 1. The van der Waals surface area contributed by atoms with Crippen LogP contribution in [0.4, 0.5) is 13.2 Å². The normalized spacial score (nSPS) is 30.7. The SMILES string of the molecule is O=C(NC1(Cc2ccccc2C(F)(F)F)CC1)C1C2CNC[C@H]21. The summed E-state index contributed by atoms with van der Waals surface area (Å²) in [6, 6.07) is 5.66. The highest BCUT2D eigenvalue weighted by Crippen LogP contribution is 2.50. The summed E-state index contributed by atoms with van der Waals surface area (Å²) in [7, 11) is 0. The van der Waals surface area contributed by atoms with Crippen LogP contribution in [0.5, 0.6) is 0 Å². The largest absolute Gasteiger partial charge is 0.416 e. The maximum Gasteiger partial charge on any atom is 0.416 e. The van der Waals surface area contributed by atoms with Gasteiger partial charge >= 0.3 is 6.18 Å². The molecule has 3 fully saturated rings. The molecular weight excluding hydrogens is 305 g/mol. The fourth-order valence-corrected chi connectivity index (χ4v) is 3.96. The maximum atomic E-state index is 13.1. The van der Waals surface area contributed by atoms with E-state index >= 15 is 0 Å². The molecule has 124 valence electrons. The van der Waals surface area contributed by atoms with Crippen LogP contribution in [0.3, 0.4) is 0 Å². The number of halogens is 3. The molecule has 1 aromatic rings. The van der Waals surface area contributed by atoms with Crippen molar-refractivity contribution in [2.45, 2.75) is 31.0 Å². The van der Waals surface area contributed by atoms with Gasteiger partial charge in [-0.3, -0.25) is 4.79 Å². The molecule has 1 aliphatic heterocycles. The molecule has 0 radical (unpaired) electrons. The topological polar surface area (TPSA) is 41.1 Å². The van der Waals surface area contributed by atoms with E-state index < -0.39 is 17.3 Å². The van der Waals surface area contributed by atoms with E-state index in [1.807, 2.05) is 0 Å². The molecule has 6 heteroatoms. The van der Waals surface area contributed by atoms with E-state index in [1.54, 1.807) is 6.07 Å². The quantitative estimate of drug-likeness (QED) is 0.893. The first-order valence-corrected chi connectivity index (χ1v) is 8.07. The maximum absolute atomic E-state index is 13.1. The molecule has 2 aliphatic carbocycles. The Balaban J connectivity index is 1.46. The molecule has 1 saturated heterocycles. The molecular formula is C17H19F3N2O. The Labute approximate surface area is 132 Å². The second kappa shape index (κ2) is 4.97. The van der Waals surface area contributed by atoms with Crippen molar-refractivity contribution in [1.82, 2.24) is 10.6 Å². The van der Waals surface area contributed by atoms with Crippen LogP contribution in [0.2, 0.25) is 0 Å². The summed E-state index contributed by atoms with van der Waals surface area (Å²) < 4.78 is 39.3. The Bertz CT molecular complexity index is 629. The van der Waals surface area contributed by atoms with Crippen molar-refractivity contribution in [1.29, 1.82) is 0 Å². The number of amides is 1. The minimum atomic E-state index is -4.35. The van der Waals surface area contributed by atoms with E-state index in [0.717, 1.165) is 32.0 Å². The summed E-state index contributed by atoms with van der Waals surface area (Å²) in [6.07, 6.45) is -2.58. The molecule has 0 spiro atoms. The highest BCUT2D eigenvalue weighted by Gasteiger charge is 2.58. The molecule has 4 rings (SSSR count). The smallest absolute Gasteiger partial charge is 0.350 e. The van der Waals surface area contributed by atoms with Gasteiger partial charge in [-0.1, -0.05) is 18.2 Å². The van der Waals surface area contributed by atoms with Crippen LogP contribution in [-0.4, -0.2) is 24.5 Å². The van der Waals surface area contributed by atoms with Crippen molar-refractivity contribution in [3.8, 4) is 0 Å². The van der Waals surface area contributed by atoms with Gasteiger partial charge in [0, 0.05) is 11.5 Å². The molecule has 3 nitrogen and oxygen atoms in total. The fraction of sp³-hybridized carbons (Fsp3) is 0.588. The van der Waals surface area contributed by atoms with Gasteiger partial charge in [0.2, 0.25) is 5.91 Å². The van der Waals surface area contributed by atoms with Gasteiger partial charge < -0.3 is 10.6 Å². The summed E-state index contributed by atoms with van der Waals surface area (Å²) in [5.74, 6) is 0.941. The number of carbonyl (C=O) groups is 1. The summed E-state index contributed by atoms with van der Waals surface area (Å²) in [5.41, 5.74) is -0.786. The van der Waals surface area contributed by atoms with Crippen molar-refractivity contribution in [3.63, 3.8) is 0 Å². The Morgan fingerprint density at radius 2 is 1.87 bits per heavy atom. The number of alkyl halides is 3. The number of hydrogen-bond acceptors (Lipinski definition) is 2. The van der Waals surface area contributed by atoms with Crippen molar-refractivity contribution in [3.05, 3.63) is 35.4 Å². The van der Waals surface area contributed by atoms with Crippen LogP contribution in [0.1, 0.15) is 24.0 Å². The van der Waals surface area contributed by atoms with Gasteiger partial charge in [0.25, 0.3) is 0 Å². The summed E-state index contributed by atoms with van der Waals surface area (Å²) in [6.45, 7) is 1.76. The number of benzene rings is 1. The number of rotatable bonds is 4. The third-order valence-corrected chi connectivity index (χ3v) is 5.49. The Morgan fingerprint density at radius 1 is 1.22 bits per heavy atom. The third-order valence-electron chi connectivity index (χ3n) is 5.49. The van der Waals surface area contributed by atoms with E-state index in [1.165, 1.54) is 12.1 Å². The zero-order valence-electron chi connectivity index (χ0n) is 12.6. The molecule has 1 amide bonds. The summed E-state index contributed by atoms with van der Waals surface area (Å²) >= 11 is 0. The first-order chi connectivity index (χ1) is 10.9. The van der Waals surface area contributed by atoms with Gasteiger partial charge in [-0.25, -0.2) is 0 Å². The number of nitrogens with one attached hydrogen (secondary N) is 2. The lowest BCUT2D eigenvalue weighted by Crippen LogP contribution is -2.41. The Hall–Kier alpha value is -1.56. The average molecular weight is 324 g/mol.